The molecule has 0 saturated heterocycles. The Kier molecular flexibility index (Phi) is 13.1. The van der Waals surface area contributed by atoms with Crippen molar-refractivity contribution in [2.24, 2.45) is 0 Å². The smallest absolute Gasteiger partial charge is 0.331 e. The molecule has 0 aliphatic carbocycles. The van der Waals surface area contributed by atoms with Crippen molar-refractivity contribution in [3.63, 3.8) is 0 Å². The van der Waals surface area contributed by atoms with Crippen LogP contribution in [0.2, 0.25) is 0 Å². The monoisotopic (exact) mass is 400 g/mol. The molecule has 3 atom stereocenters. The Balaban J connectivity index is 2.67. The van der Waals surface area contributed by atoms with Gasteiger partial charge in [0, 0.05) is 12.5 Å². The van der Waals surface area contributed by atoms with E-state index >= 15 is 0 Å². The fraction of sp³-hybridized carbons (Fsp3) is 0.417. The molecule has 0 radical (unpaired) electrons. The first kappa shape index (κ1) is 24.5. The summed E-state index contributed by atoms with van der Waals surface area (Å²) in [5.41, 5.74) is 0. The number of aliphatic hydroxyl groups is 2. The lowest BCUT2D eigenvalue weighted by atomic mass is 10.1. The molecule has 1 aliphatic rings. The lowest BCUT2D eigenvalue weighted by Crippen LogP contribution is -2.12. The quantitative estimate of drug-likeness (QED) is 0.603. The second kappa shape index (κ2) is 15.4. The van der Waals surface area contributed by atoms with E-state index in [4.69, 9.17) is 4.74 Å². The Hall–Kier alpha value is -2.50. The van der Waals surface area contributed by atoms with E-state index in [0.717, 1.165) is 19.3 Å². The molecule has 1 rings (SSSR count). The zero-order chi connectivity index (χ0) is 21.3. The van der Waals surface area contributed by atoms with Gasteiger partial charge in [-0.15, -0.1) is 0 Å². The van der Waals surface area contributed by atoms with Crippen LogP contribution in [0.3, 0.4) is 0 Å². The second-order valence-corrected chi connectivity index (χ2v) is 6.93. The summed E-state index contributed by atoms with van der Waals surface area (Å²) in [6.45, 7) is 1.86. The van der Waals surface area contributed by atoms with E-state index < -0.39 is 12.2 Å². The lowest BCUT2D eigenvalue weighted by Gasteiger charge is -2.10. The van der Waals surface area contributed by atoms with E-state index in [1.54, 1.807) is 48.6 Å². The van der Waals surface area contributed by atoms with E-state index in [0.29, 0.717) is 12.8 Å². The predicted molar refractivity (Wildman–Crippen MR) is 115 cm³/mol. The van der Waals surface area contributed by atoms with Crippen LogP contribution in [0.4, 0.5) is 0 Å². The molecule has 0 fully saturated rings. The van der Waals surface area contributed by atoms with Gasteiger partial charge in [-0.2, -0.15) is 0 Å². The van der Waals surface area contributed by atoms with Crippen molar-refractivity contribution in [2.75, 3.05) is 0 Å². The molecule has 0 spiro atoms. The van der Waals surface area contributed by atoms with Gasteiger partial charge in [0.15, 0.2) is 5.78 Å². The number of allylic oxidation sites excluding steroid dienone is 8. The van der Waals surface area contributed by atoms with Crippen LogP contribution in [-0.2, 0) is 14.3 Å². The molecule has 5 nitrogen and oxygen atoms in total. The van der Waals surface area contributed by atoms with Crippen molar-refractivity contribution in [1.29, 1.82) is 0 Å². The number of ketones is 1. The highest BCUT2D eigenvalue weighted by Gasteiger charge is 2.07. The van der Waals surface area contributed by atoms with E-state index in [1.807, 2.05) is 19.1 Å². The molecule has 0 amide bonds. The minimum absolute atomic E-state index is 0.0716. The molecule has 0 bridgehead atoms. The average molecular weight is 401 g/mol. The summed E-state index contributed by atoms with van der Waals surface area (Å²) in [5.74, 6) is -0.516. The number of ether oxygens (including phenoxy) is 1. The van der Waals surface area contributed by atoms with Gasteiger partial charge in [-0.1, -0.05) is 60.8 Å². The SMILES string of the molecule is C[C@@H]1CCC/C=C/C=C/C(=O)C[C@@H](O)C/C=C\C=C\[C@@H](O)C/C=C/C=C\C(=O)O1. The number of hydrogen-bond donors (Lipinski definition) is 2. The number of hydrogen-bond acceptors (Lipinski definition) is 5. The molecular formula is C24H32O5. The highest BCUT2D eigenvalue weighted by molar-refractivity contribution is 5.90. The molecule has 1 heterocycles. The molecule has 158 valence electrons. The Bertz CT molecular complexity index is 667. The van der Waals surface area contributed by atoms with E-state index in [1.165, 1.54) is 12.2 Å². The Morgan fingerprint density at radius 3 is 2.41 bits per heavy atom. The third-order valence-electron chi connectivity index (χ3n) is 4.11. The van der Waals surface area contributed by atoms with E-state index in [9.17, 15) is 19.8 Å². The van der Waals surface area contributed by atoms with Gasteiger partial charge < -0.3 is 14.9 Å². The van der Waals surface area contributed by atoms with Gasteiger partial charge in [0.1, 0.15) is 0 Å². The van der Waals surface area contributed by atoms with Crippen LogP contribution in [0.25, 0.3) is 0 Å². The number of rotatable bonds is 0. The molecule has 2 N–H and O–H groups in total. The average Bonchev–Trinajstić information content (AvgIpc) is 2.65. The normalized spacial score (nSPS) is 32.9. The summed E-state index contributed by atoms with van der Waals surface area (Å²) in [4.78, 5) is 23.5. The molecule has 5 heteroatoms. The van der Waals surface area contributed by atoms with Gasteiger partial charge in [0.25, 0.3) is 0 Å². The van der Waals surface area contributed by atoms with Crippen molar-refractivity contribution in [2.45, 2.75) is 63.8 Å². The van der Waals surface area contributed by atoms with Gasteiger partial charge in [-0.05, 0) is 45.1 Å². The Labute approximate surface area is 173 Å². The fourth-order valence-corrected chi connectivity index (χ4v) is 2.56. The van der Waals surface area contributed by atoms with Crippen molar-refractivity contribution in [3.8, 4) is 0 Å². The number of esters is 1. The van der Waals surface area contributed by atoms with Crippen LogP contribution in [0.5, 0.6) is 0 Å². The van der Waals surface area contributed by atoms with Gasteiger partial charge in [0.2, 0.25) is 0 Å². The first-order chi connectivity index (χ1) is 14.0. The minimum Gasteiger partial charge on any atom is -0.460 e. The number of carbonyl (C=O) groups is 2. The number of carbonyl (C=O) groups excluding carboxylic acids is 2. The first-order valence-corrected chi connectivity index (χ1v) is 10.1. The van der Waals surface area contributed by atoms with Crippen molar-refractivity contribution in [1.82, 2.24) is 0 Å². The molecule has 0 aromatic heterocycles. The van der Waals surface area contributed by atoms with Crippen molar-refractivity contribution < 1.29 is 24.5 Å². The van der Waals surface area contributed by atoms with E-state index in [2.05, 4.69) is 0 Å². The minimum atomic E-state index is -0.727. The van der Waals surface area contributed by atoms with Gasteiger partial charge in [0.05, 0.1) is 18.3 Å². The highest BCUT2D eigenvalue weighted by Crippen LogP contribution is 2.07. The summed E-state index contributed by atoms with van der Waals surface area (Å²) in [6.07, 6.45) is 21.9. The van der Waals surface area contributed by atoms with Crippen molar-refractivity contribution in [3.05, 3.63) is 72.9 Å². The largest absolute Gasteiger partial charge is 0.460 e. The standard InChI is InChI=1S/C24H32O5/c1-20-13-7-3-2-4-8-16-22(26)19-23(27)17-11-5-9-14-21(25)15-10-6-12-18-24(28)29-20/h2,4-6,8-12,14,16,18,20-21,23,25,27H,3,7,13,15,17,19H2,1H3/b4-2+,10-6+,11-5-,14-9+,16-8+,18-12-/t20-,21-,23+/m1/s1. The maximum atomic E-state index is 11.8. The zero-order valence-electron chi connectivity index (χ0n) is 17.0. The molecule has 0 aromatic rings. The fourth-order valence-electron chi connectivity index (χ4n) is 2.56. The maximum Gasteiger partial charge on any atom is 0.331 e. The Morgan fingerprint density at radius 1 is 0.897 bits per heavy atom. The molecule has 0 saturated carbocycles. The van der Waals surface area contributed by atoms with Crippen LogP contribution in [-0.4, -0.2) is 40.3 Å². The third-order valence-corrected chi connectivity index (χ3v) is 4.11. The predicted octanol–water partition coefficient (Wildman–Crippen LogP) is 3.90. The van der Waals surface area contributed by atoms with Crippen molar-refractivity contribution >= 4 is 11.8 Å². The van der Waals surface area contributed by atoms with Crippen LogP contribution in [0.15, 0.2) is 72.9 Å². The van der Waals surface area contributed by atoms with Crippen LogP contribution < -0.4 is 0 Å². The first-order valence-electron chi connectivity index (χ1n) is 10.1. The van der Waals surface area contributed by atoms with Gasteiger partial charge >= 0.3 is 5.97 Å². The van der Waals surface area contributed by atoms with Crippen LogP contribution in [0, 0.1) is 0 Å². The van der Waals surface area contributed by atoms with Crippen LogP contribution >= 0.6 is 0 Å². The number of cyclic esters (lactones) is 1. The highest BCUT2D eigenvalue weighted by atomic mass is 16.5. The maximum absolute atomic E-state index is 11.8. The Morgan fingerprint density at radius 2 is 1.59 bits per heavy atom. The lowest BCUT2D eigenvalue weighted by molar-refractivity contribution is -0.142. The molecule has 29 heavy (non-hydrogen) atoms. The van der Waals surface area contributed by atoms with Gasteiger partial charge in [-0.3, -0.25) is 4.79 Å². The topological polar surface area (TPSA) is 83.8 Å². The van der Waals surface area contributed by atoms with Gasteiger partial charge in [-0.25, -0.2) is 4.79 Å². The second-order valence-electron chi connectivity index (χ2n) is 6.93. The third kappa shape index (κ3) is 14.2. The number of aliphatic hydroxyl groups excluding tert-OH is 2. The summed E-state index contributed by atoms with van der Waals surface area (Å²) in [6, 6.07) is 0. The molecular weight excluding hydrogens is 368 g/mol. The molecule has 0 aromatic carbocycles. The zero-order valence-corrected chi connectivity index (χ0v) is 17.0. The molecule has 1 aliphatic heterocycles. The summed E-state index contributed by atoms with van der Waals surface area (Å²) in [7, 11) is 0. The summed E-state index contributed by atoms with van der Waals surface area (Å²) < 4.78 is 5.30. The van der Waals surface area contributed by atoms with Crippen LogP contribution in [0.1, 0.15) is 45.4 Å². The van der Waals surface area contributed by atoms with E-state index in [-0.39, 0.29) is 24.3 Å². The summed E-state index contributed by atoms with van der Waals surface area (Å²) in [5, 5.41) is 19.8. The molecule has 0 unspecified atom stereocenters. The summed E-state index contributed by atoms with van der Waals surface area (Å²) >= 11 is 0.